The molecule has 2 aromatic heterocycles. The average Bonchev–Trinajstić information content (AvgIpc) is 3.29. The van der Waals surface area contributed by atoms with Crippen molar-refractivity contribution in [3.05, 3.63) is 45.8 Å². The van der Waals surface area contributed by atoms with Crippen LogP contribution in [0, 0.1) is 0 Å². The van der Waals surface area contributed by atoms with Crippen molar-refractivity contribution in [1.29, 1.82) is 0 Å². The first-order chi connectivity index (χ1) is 13.2. The van der Waals surface area contributed by atoms with E-state index in [4.69, 9.17) is 0 Å². The predicted octanol–water partition coefficient (Wildman–Crippen LogP) is 5.13. The topological polar surface area (TPSA) is 39.9 Å². The van der Waals surface area contributed by atoms with E-state index in [0.717, 1.165) is 32.6 Å². The summed E-state index contributed by atoms with van der Waals surface area (Å²) < 4.78 is 0. The number of piperidine rings is 1. The molecule has 2 aliphatic heterocycles. The summed E-state index contributed by atoms with van der Waals surface area (Å²) in [6.45, 7) is 9.08. The monoisotopic (exact) mass is 379 g/mol. The van der Waals surface area contributed by atoms with Crippen LogP contribution in [0.1, 0.15) is 60.1 Å². The maximum atomic E-state index is 3.78. The van der Waals surface area contributed by atoms with Crippen LogP contribution in [0.3, 0.4) is 0 Å². The Bertz CT molecular complexity index is 936. The highest BCUT2D eigenvalue weighted by molar-refractivity contribution is 7.15. The molecule has 0 bridgehead atoms. The number of aromatic amines is 1. The van der Waals surface area contributed by atoms with Crippen LogP contribution in [0.4, 0.5) is 0 Å². The fourth-order valence-corrected chi connectivity index (χ4v) is 6.01. The lowest BCUT2D eigenvalue weighted by Crippen LogP contribution is -2.26. The molecule has 1 saturated heterocycles. The number of aromatic nitrogens is 1. The Balaban J connectivity index is 1.62. The molecular formula is C23H29N3S. The lowest BCUT2D eigenvalue weighted by molar-refractivity contribution is 0.460. The molecule has 2 aliphatic rings. The van der Waals surface area contributed by atoms with Gasteiger partial charge in [-0.05, 0) is 85.6 Å². The zero-order valence-electron chi connectivity index (χ0n) is 16.3. The molecule has 4 heterocycles. The van der Waals surface area contributed by atoms with E-state index in [1.54, 1.807) is 0 Å². The van der Waals surface area contributed by atoms with E-state index in [1.807, 2.05) is 11.3 Å². The van der Waals surface area contributed by atoms with Crippen LogP contribution in [0.15, 0.2) is 24.3 Å². The highest BCUT2D eigenvalue weighted by Gasteiger charge is 2.22. The Morgan fingerprint density at radius 2 is 1.89 bits per heavy atom. The van der Waals surface area contributed by atoms with Gasteiger partial charge in [0.1, 0.15) is 0 Å². The Morgan fingerprint density at radius 1 is 1.04 bits per heavy atom. The highest BCUT2D eigenvalue weighted by atomic mass is 32.1. The summed E-state index contributed by atoms with van der Waals surface area (Å²) in [6, 6.07) is 9.59. The van der Waals surface area contributed by atoms with Gasteiger partial charge in [0.05, 0.1) is 10.6 Å². The number of fused-ring (bicyclic) bond motifs is 2. The standard InChI is InChI=1S/C23H29N3S/c1-14(2)22-18-11-16(15-5-8-24-9-6-15)3-4-19(18)26-23(22)20-12-17-7-10-25-13-21(17)27-20/h3-4,11-12,14-15,24-26H,5-10,13H2,1-2H3. The molecule has 27 heavy (non-hydrogen) atoms. The van der Waals surface area contributed by atoms with Crippen molar-refractivity contribution in [1.82, 2.24) is 15.6 Å². The van der Waals surface area contributed by atoms with Gasteiger partial charge in [0.25, 0.3) is 0 Å². The maximum absolute atomic E-state index is 3.78. The van der Waals surface area contributed by atoms with Gasteiger partial charge >= 0.3 is 0 Å². The second kappa shape index (κ2) is 7.08. The number of hydrogen-bond donors (Lipinski definition) is 3. The predicted molar refractivity (Wildman–Crippen MR) is 116 cm³/mol. The van der Waals surface area contributed by atoms with Crippen molar-refractivity contribution < 1.29 is 0 Å². The number of benzene rings is 1. The van der Waals surface area contributed by atoms with Gasteiger partial charge in [0.15, 0.2) is 0 Å². The van der Waals surface area contributed by atoms with Gasteiger partial charge in [-0.2, -0.15) is 0 Å². The van der Waals surface area contributed by atoms with Crippen LogP contribution in [-0.2, 0) is 13.0 Å². The molecule has 142 valence electrons. The zero-order valence-corrected chi connectivity index (χ0v) is 17.1. The van der Waals surface area contributed by atoms with Crippen LogP contribution >= 0.6 is 11.3 Å². The van der Waals surface area contributed by atoms with Crippen LogP contribution in [0.2, 0.25) is 0 Å². The fraction of sp³-hybridized carbons (Fsp3) is 0.478. The molecule has 3 aromatic rings. The molecule has 0 aliphatic carbocycles. The van der Waals surface area contributed by atoms with Gasteiger partial charge in [-0.3, -0.25) is 0 Å². The molecular weight excluding hydrogens is 350 g/mol. The first-order valence-electron chi connectivity index (χ1n) is 10.4. The van der Waals surface area contributed by atoms with Gasteiger partial charge < -0.3 is 15.6 Å². The summed E-state index contributed by atoms with van der Waals surface area (Å²) in [4.78, 5) is 6.70. The van der Waals surface area contributed by atoms with E-state index < -0.39 is 0 Å². The number of nitrogens with one attached hydrogen (secondary N) is 3. The Labute approximate surface area is 165 Å². The summed E-state index contributed by atoms with van der Waals surface area (Å²) in [5.41, 5.74) is 7.19. The van der Waals surface area contributed by atoms with Crippen molar-refractivity contribution in [3.8, 4) is 10.6 Å². The molecule has 3 nitrogen and oxygen atoms in total. The van der Waals surface area contributed by atoms with E-state index >= 15 is 0 Å². The lowest BCUT2D eigenvalue weighted by Gasteiger charge is -2.23. The molecule has 0 spiro atoms. The molecule has 0 saturated carbocycles. The van der Waals surface area contributed by atoms with Gasteiger partial charge in [0, 0.05) is 22.3 Å². The van der Waals surface area contributed by atoms with Crippen molar-refractivity contribution in [2.45, 2.75) is 51.5 Å². The quantitative estimate of drug-likeness (QED) is 0.590. The number of hydrogen-bond acceptors (Lipinski definition) is 3. The van der Waals surface area contributed by atoms with Crippen molar-refractivity contribution >= 4 is 22.2 Å². The molecule has 3 N–H and O–H groups in total. The third-order valence-corrected chi connectivity index (χ3v) is 7.45. The van der Waals surface area contributed by atoms with Gasteiger partial charge in [-0.25, -0.2) is 0 Å². The van der Waals surface area contributed by atoms with Gasteiger partial charge in [-0.15, -0.1) is 11.3 Å². The third kappa shape index (κ3) is 3.14. The molecule has 0 atom stereocenters. The normalized spacial score (nSPS) is 18.3. The minimum atomic E-state index is 0.509. The van der Waals surface area contributed by atoms with E-state index in [9.17, 15) is 0 Å². The van der Waals surface area contributed by atoms with Gasteiger partial charge in [0.2, 0.25) is 0 Å². The summed E-state index contributed by atoms with van der Waals surface area (Å²) in [6.07, 6.45) is 3.66. The maximum Gasteiger partial charge on any atom is 0.0601 e. The summed E-state index contributed by atoms with van der Waals surface area (Å²) in [5.74, 6) is 1.21. The van der Waals surface area contributed by atoms with Crippen molar-refractivity contribution in [3.63, 3.8) is 0 Å². The molecule has 0 radical (unpaired) electrons. The largest absolute Gasteiger partial charge is 0.354 e. The SMILES string of the molecule is CC(C)c1c(-c2cc3c(s2)CNCC3)[nH]c2ccc(C3CCNCC3)cc12. The smallest absolute Gasteiger partial charge is 0.0601 e. The number of H-pyrrole nitrogens is 1. The molecule has 0 amide bonds. The molecule has 4 heteroatoms. The summed E-state index contributed by atoms with van der Waals surface area (Å²) in [7, 11) is 0. The number of rotatable bonds is 3. The van der Waals surface area contributed by atoms with Crippen LogP contribution in [-0.4, -0.2) is 24.6 Å². The van der Waals surface area contributed by atoms with E-state index in [1.165, 1.54) is 55.9 Å². The highest BCUT2D eigenvalue weighted by Crippen LogP contribution is 2.41. The van der Waals surface area contributed by atoms with E-state index in [0.29, 0.717) is 11.8 Å². The van der Waals surface area contributed by atoms with Crippen LogP contribution in [0.5, 0.6) is 0 Å². The molecule has 1 aromatic carbocycles. The molecule has 0 unspecified atom stereocenters. The minimum Gasteiger partial charge on any atom is -0.354 e. The summed E-state index contributed by atoms with van der Waals surface area (Å²) >= 11 is 1.97. The van der Waals surface area contributed by atoms with Crippen molar-refractivity contribution in [2.75, 3.05) is 19.6 Å². The Kier molecular flexibility index (Phi) is 4.58. The Morgan fingerprint density at radius 3 is 2.67 bits per heavy atom. The summed E-state index contributed by atoms with van der Waals surface area (Å²) in [5, 5.41) is 8.43. The first kappa shape index (κ1) is 17.5. The van der Waals surface area contributed by atoms with Crippen molar-refractivity contribution in [2.24, 2.45) is 0 Å². The van der Waals surface area contributed by atoms with Crippen LogP contribution < -0.4 is 10.6 Å². The lowest BCUT2D eigenvalue weighted by atomic mass is 9.88. The Hall–Kier alpha value is -1.62. The first-order valence-corrected chi connectivity index (χ1v) is 11.2. The second-order valence-electron chi connectivity index (χ2n) is 8.38. The molecule has 5 rings (SSSR count). The fourth-order valence-electron chi connectivity index (χ4n) is 4.81. The van der Waals surface area contributed by atoms with Gasteiger partial charge in [-0.1, -0.05) is 19.9 Å². The van der Waals surface area contributed by atoms with Crippen LogP contribution in [0.25, 0.3) is 21.5 Å². The average molecular weight is 380 g/mol. The zero-order chi connectivity index (χ0) is 18.4. The van der Waals surface area contributed by atoms with E-state index in [2.05, 4.69) is 53.7 Å². The molecule has 1 fully saturated rings. The minimum absolute atomic E-state index is 0.509. The second-order valence-corrected chi connectivity index (χ2v) is 9.52. The van der Waals surface area contributed by atoms with E-state index in [-0.39, 0.29) is 0 Å². The third-order valence-electron chi connectivity index (χ3n) is 6.25. The number of thiophene rings is 1.